The molecule has 32 heavy (non-hydrogen) atoms. The average Bonchev–Trinajstić information content (AvgIpc) is 2.72. The topological polar surface area (TPSA) is 50.2 Å². The fraction of sp³-hybridized carbons (Fsp3) is 0.143. The van der Waals surface area contributed by atoms with Crippen molar-refractivity contribution in [3.8, 4) is 22.4 Å². The molecule has 0 aliphatic carbocycles. The number of aliphatic hydroxyl groups is 1. The fourth-order valence-corrected chi connectivity index (χ4v) is 3.41. The molecule has 4 rings (SSSR count). The van der Waals surface area contributed by atoms with Gasteiger partial charge in [-0.3, -0.25) is 9.78 Å². The van der Waals surface area contributed by atoms with E-state index in [4.69, 9.17) is 10.1 Å². The number of pyridine rings is 1. The summed E-state index contributed by atoms with van der Waals surface area (Å²) in [5.41, 5.74) is 7.87. The van der Waals surface area contributed by atoms with Gasteiger partial charge in [-0.25, -0.2) is 0 Å². The molecule has 0 unspecified atom stereocenters. The molecule has 0 aliphatic heterocycles. The number of hydrogen-bond donors (Lipinski definition) is 1. The molecule has 1 radical (unpaired) electrons. The summed E-state index contributed by atoms with van der Waals surface area (Å²) in [5, 5.41) is 9.52. The molecule has 3 aromatic carbocycles. The number of allylic oxidation sites excluding steroid dienone is 2. The first kappa shape index (κ1) is 25.2. The van der Waals surface area contributed by atoms with Crippen LogP contribution in [-0.4, -0.2) is 15.9 Å². The molecular formula is C28H26IrNO2-. The number of aromatic nitrogens is 1. The molecule has 1 aromatic heterocycles. The number of aliphatic hydroxyl groups excluding tert-OH is 1. The Morgan fingerprint density at radius 1 is 0.906 bits per heavy atom. The molecule has 0 atom stereocenters. The van der Waals surface area contributed by atoms with Gasteiger partial charge in [-0.1, -0.05) is 62.4 Å². The van der Waals surface area contributed by atoms with Crippen molar-refractivity contribution in [2.24, 2.45) is 0 Å². The zero-order valence-electron chi connectivity index (χ0n) is 18.6. The summed E-state index contributed by atoms with van der Waals surface area (Å²) >= 11 is 0. The number of nitrogens with zero attached hydrogens (tertiary/aromatic N) is 1. The normalized spacial score (nSPS) is 10.7. The van der Waals surface area contributed by atoms with Crippen LogP contribution in [-0.2, 0) is 24.9 Å². The van der Waals surface area contributed by atoms with Gasteiger partial charge in [-0.05, 0) is 48.2 Å². The maximum atomic E-state index is 10.0. The molecule has 0 saturated heterocycles. The predicted molar refractivity (Wildman–Crippen MR) is 128 cm³/mol. The summed E-state index contributed by atoms with van der Waals surface area (Å²) in [4.78, 5) is 14.8. The summed E-state index contributed by atoms with van der Waals surface area (Å²) < 4.78 is 0. The predicted octanol–water partition coefficient (Wildman–Crippen LogP) is 7.02. The van der Waals surface area contributed by atoms with Gasteiger partial charge in [0.1, 0.15) is 0 Å². The zero-order chi connectivity index (χ0) is 22.4. The first-order valence-electron chi connectivity index (χ1n) is 10.2. The zero-order valence-corrected chi connectivity index (χ0v) is 21.0. The van der Waals surface area contributed by atoms with Crippen molar-refractivity contribution in [1.29, 1.82) is 0 Å². The second-order valence-corrected chi connectivity index (χ2v) is 7.62. The summed E-state index contributed by atoms with van der Waals surface area (Å²) in [6, 6.07) is 28.8. The van der Waals surface area contributed by atoms with E-state index in [0.29, 0.717) is 0 Å². The average molecular weight is 601 g/mol. The molecule has 4 heteroatoms. The third-order valence-corrected chi connectivity index (χ3v) is 4.63. The van der Waals surface area contributed by atoms with Crippen molar-refractivity contribution in [2.75, 3.05) is 0 Å². The molecule has 4 aromatic rings. The molecule has 0 bridgehead atoms. The second-order valence-electron chi connectivity index (χ2n) is 7.62. The van der Waals surface area contributed by atoms with Gasteiger partial charge in [0, 0.05) is 26.2 Å². The molecule has 3 nitrogen and oxygen atoms in total. The number of rotatable bonds is 3. The number of carbonyl (C=O) groups excluding carboxylic acids is 1. The van der Waals surface area contributed by atoms with Gasteiger partial charge >= 0.3 is 0 Å². The van der Waals surface area contributed by atoms with Gasteiger partial charge in [0.2, 0.25) is 0 Å². The van der Waals surface area contributed by atoms with E-state index in [0.717, 1.165) is 27.7 Å². The molecular weight excluding hydrogens is 575 g/mol. The van der Waals surface area contributed by atoms with Crippen LogP contribution in [0, 0.1) is 19.9 Å². The van der Waals surface area contributed by atoms with Crippen LogP contribution in [0.4, 0.5) is 0 Å². The molecule has 0 fully saturated rings. The van der Waals surface area contributed by atoms with E-state index in [1.807, 2.05) is 6.07 Å². The maximum absolute atomic E-state index is 10.0. The van der Waals surface area contributed by atoms with Crippen molar-refractivity contribution < 1.29 is 30.0 Å². The van der Waals surface area contributed by atoms with Crippen LogP contribution in [0.1, 0.15) is 25.0 Å². The Hall–Kier alpha value is -3.07. The quantitative estimate of drug-likeness (QED) is 0.156. The van der Waals surface area contributed by atoms with E-state index < -0.39 is 0 Å². The smallest absolute Gasteiger partial charge is 0.155 e. The first-order valence-corrected chi connectivity index (χ1v) is 10.2. The van der Waals surface area contributed by atoms with Crippen molar-refractivity contribution in [3.63, 3.8) is 0 Å². The van der Waals surface area contributed by atoms with E-state index in [2.05, 4.69) is 86.6 Å². The minimum absolute atomic E-state index is 0. The largest absolute Gasteiger partial charge is 0.512 e. The Morgan fingerprint density at radius 2 is 1.62 bits per heavy atom. The van der Waals surface area contributed by atoms with Crippen LogP contribution in [0.3, 0.4) is 0 Å². The Kier molecular flexibility index (Phi) is 9.07. The minimum atomic E-state index is -0.125. The Balaban J connectivity index is 0.000000398. The first-order chi connectivity index (χ1) is 14.8. The monoisotopic (exact) mass is 601 g/mol. The number of benzene rings is 3. The van der Waals surface area contributed by atoms with E-state index in [9.17, 15) is 4.79 Å². The maximum Gasteiger partial charge on any atom is 0.155 e. The summed E-state index contributed by atoms with van der Waals surface area (Å²) in [7, 11) is 0. The molecule has 1 N–H and O–H groups in total. The van der Waals surface area contributed by atoms with Gasteiger partial charge in [0.05, 0.1) is 11.3 Å². The SMILES string of the molecule is CC(=O)/C=C(/C)O.Cc1[c-]c(-c2ccc3cc(-c4ccccc4)ccc3n2)cc(C)c1.[Ir]. The fourth-order valence-electron chi connectivity index (χ4n) is 3.41. The molecule has 0 saturated carbocycles. The molecule has 0 aliphatic rings. The van der Waals surface area contributed by atoms with E-state index >= 15 is 0 Å². The third kappa shape index (κ3) is 6.98. The summed E-state index contributed by atoms with van der Waals surface area (Å²) in [5.74, 6) is -0.0625. The summed E-state index contributed by atoms with van der Waals surface area (Å²) in [6.07, 6.45) is 1.17. The Labute approximate surface area is 203 Å². The second kappa shape index (κ2) is 11.5. The molecule has 165 valence electrons. The van der Waals surface area contributed by atoms with Gasteiger partial charge in [0.15, 0.2) is 5.78 Å². The Morgan fingerprint density at radius 3 is 2.22 bits per heavy atom. The van der Waals surface area contributed by atoms with Gasteiger partial charge in [-0.2, -0.15) is 0 Å². The molecule has 1 heterocycles. The third-order valence-electron chi connectivity index (χ3n) is 4.63. The number of fused-ring (bicyclic) bond motifs is 1. The Bertz CT molecular complexity index is 1220. The van der Waals surface area contributed by atoms with Crippen LogP contribution in [0.5, 0.6) is 0 Å². The van der Waals surface area contributed by atoms with Crippen molar-refractivity contribution in [3.05, 3.63) is 102 Å². The van der Waals surface area contributed by atoms with Crippen LogP contribution in [0.25, 0.3) is 33.3 Å². The number of ketones is 1. The van der Waals surface area contributed by atoms with Crippen molar-refractivity contribution in [2.45, 2.75) is 27.7 Å². The minimum Gasteiger partial charge on any atom is -0.512 e. The van der Waals surface area contributed by atoms with E-state index in [1.54, 1.807) is 0 Å². The van der Waals surface area contributed by atoms with Crippen molar-refractivity contribution >= 4 is 16.7 Å². The number of hydrogen-bond acceptors (Lipinski definition) is 3. The standard InChI is InChI=1S/C23H18N.C5H8O2.Ir/c1-16-12-17(2)14-21(13-16)23-11-9-20-15-19(8-10-22(20)24-23)18-6-4-3-5-7-18;1-4(6)3-5(2)7;/h3-13,15H,1-2H3;3,6H,1-2H3;/q-1;;/b;4-3-;. The van der Waals surface area contributed by atoms with Gasteiger partial charge < -0.3 is 5.11 Å². The van der Waals surface area contributed by atoms with Gasteiger partial charge in [0.25, 0.3) is 0 Å². The van der Waals surface area contributed by atoms with Crippen LogP contribution in [0.2, 0.25) is 0 Å². The van der Waals surface area contributed by atoms with E-state index in [-0.39, 0.29) is 31.6 Å². The van der Waals surface area contributed by atoms with E-state index in [1.165, 1.54) is 36.6 Å². The van der Waals surface area contributed by atoms with Crippen LogP contribution >= 0.6 is 0 Å². The summed E-state index contributed by atoms with van der Waals surface area (Å²) in [6.45, 7) is 7.03. The molecule has 0 spiro atoms. The van der Waals surface area contributed by atoms with Crippen LogP contribution in [0.15, 0.2) is 84.6 Å². The molecule has 0 amide bonds. The van der Waals surface area contributed by atoms with Gasteiger partial charge in [-0.15, -0.1) is 34.9 Å². The number of aryl methyl sites for hydroxylation is 2. The van der Waals surface area contributed by atoms with Crippen LogP contribution < -0.4 is 0 Å². The van der Waals surface area contributed by atoms with Crippen molar-refractivity contribution in [1.82, 2.24) is 4.98 Å². The number of carbonyl (C=O) groups is 1.